The summed E-state index contributed by atoms with van der Waals surface area (Å²) in [5.74, 6) is 0.138. The van der Waals surface area contributed by atoms with E-state index in [9.17, 15) is 4.79 Å². The van der Waals surface area contributed by atoms with E-state index in [4.69, 9.17) is 5.73 Å². The van der Waals surface area contributed by atoms with Crippen LogP contribution in [0.15, 0.2) is 18.2 Å². The zero-order valence-corrected chi connectivity index (χ0v) is 12.1. The Morgan fingerprint density at radius 1 is 1.37 bits per heavy atom. The molecule has 1 saturated heterocycles. The first-order valence-electron chi connectivity index (χ1n) is 7.14. The van der Waals surface area contributed by atoms with E-state index in [1.165, 1.54) is 12.0 Å². The average Bonchev–Trinajstić information content (AvgIpc) is 2.38. The van der Waals surface area contributed by atoms with Crippen molar-refractivity contribution in [1.29, 1.82) is 0 Å². The van der Waals surface area contributed by atoms with Crippen molar-refractivity contribution in [3.8, 4) is 0 Å². The smallest absolute Gasteiger partial charge is 0.254 e. The number of amides is 1. The van der Waals surface area contributed by atoms with E-state index in [2.05, 4.69) is 6.07 Å². The van der Waals surface area contributed by atoms with Crippen molar-refractivity contribution in [1.82, 2.24) is 4.90 Å². The van der Waals surface area contributed by atoms with Crippen LogP contribution in [0.1, 0.15) is 47.7 Å². The van der Waals surface area contributed by atoms with Crippen LogP contribution in [-0.4, -0.2) is 29.4 Å². The van der Waals surface area contributed by atoms with Crippen molar-refractivity contribution in [3.05, 3.63) is 34.9 Å². The normalized spacial score (nSPS) is 21.3. The predicted octanol–water partition coefficient (Wildman–Crippen LogP) is 2.65. The topological polar surface area (TPSA) is 46.3 Å². The maximum absolute atomic E-state index is 12.7. The monoisotopic (exact) mass is 260 g/mol. The van der Waals surface area contributed by atoms with Crippen molar-refractivity contribution >= 4 is 5.91 Å². The third-order valence-electron chi connectivity index (χ3n) is 4.03. The molecule has 104 valence electrons. The van der Waals surface area contributed by atoms with Gasteiger partial charge in [-0.1, -0.05) is 17.7 Å². The van der Waals surface area contributed by atoms with Gasteiger partial charge in [-0.2, -0.15) is 0 Å². The van der Waals surface area contributed by atoms with Gasteiger partial charge in [0.05, 0.1) is 0 Å². The van der Waals surface area contributed by atoms with Gasteiger partial charge in [0, 0.05) is 24.2 Å². The number of carbonyl (C=O) groups is 1. The molecular formula is C16H24N2O. The number of carbonyl (C=O) groups excluding carboxylic acids is 1. The standard InChI is InChI=1S/C16H24N2O/c1-11-7-8-14(12(2)10-11)16(19)18-9-5-4-6-15(18)13(3)17/h7-8,10,13,15H,4-6,9,17H2,1-3H3. The molecule has 0 saturated carbocycles. The minimum Gasteiger partial charge on any atom is -0.334 e. The first kappa shape index (κ1) is 14.1. The predicted molar refractivity (Wildman–Crippen MR) is 78.2 cm³/mol. The van der Waals surface area contributed by atoms with Gasteiger partial charge >= 0.3 is 0 Å². The van der Waals surface area contributed by atoms with Gasteiger partial charge in [0.1, 0.15) is 0 Å². The van der Waals surface area contributed by atoms with Gasteiger partial charge in [0.15, 0.2) is 0 Å². The Labute approximate surface area is 115 Å². The van der Waals surface area contributed by atoms with E-state index in [1.54, 1.807) is 0 Å². The van der Waals surface area contributed by atoms with Crippen LogP contribution in [0.3, 0.4) is 0 Å². The van der Waals surface area contributed by atoms with Crippen molar-refractivity contribution in [2.24, 2.45) is 5.73 Å². The molecule has 0 radical (unpaired) electrons. The fourth-order valence-corrected chi connectivity index (χ4v) is 2.96. The minimum absolute atomic E-state index is 0.0370. The van der Waals surface area contributed by atoms with Crippen LogP contribution in [0.5, 0.6) is 0 Å². The number of benzene rings is 1. The van der Waals surface area contributed by atoms with E-state index < -0.39 is 0 Å². The Morgan fingerprint density at radius 2 is 2.11 bits per heavy atom. The first-order chi connectivity index (χ1) is 9.00. The third kappa shape index (κ3) is 2.98. The molecule has 1 amide bonds. The molecule has 1 fully saturated rings. The van der Waals surface area contributed by atoms with Crippen LogP contribution < -0.4 is 5.73 Å². The molecule has 1 aromatic carbocycles. The van der Waals surface area contributed by atoms with E-state index in [0.717, 1.165) is 30.5 Å². The molecule has 1 aliphatic heterocycles. The molecule has 1 aromatic rings. The lowest BCUT2D eigenvalue weighted by Crippen LogP contribution is -2.51. The highest BCUT2D eigenvalue weighted by atomic mass is 16.2. The molecule has 1 aliphatic rings. The molecule has 0 aliphatic carbocycles. The van der Waals surface area contributed by atoms with Crippen molar-refractivity contribution < 1.29 is 4.79 Å². The fourth-order valence-electron chi connectivity index (χ4n) is 2.96. The molecular weight excluding hydrogens is 236 g/mol. The fraction of sp³-hybridized carbons (Fsp3) is 0.562. The number of nitrogens with two attached hydrogens (primary N) is 1. The number of hydrogen-bond donors (Lipinski definition) is 1. The molecule has 3 heteroatoms. The van der Waals surface area contributed by atoms with Crippen LogP contribution >= 0.6 is 0 Å². The lowest BCUT2D eigenvalue weighted by atomic mass is 9.95. The lowest BCUT2D eigenvalue weighted by molar-refractivity contribution is 0.0583. The van der Waals surface area contributed by atoms with E-state index in [0.29, 0.717) is 0 Å². The van der Waals surface area contributed by atoms with E-state index in [-0.39, 0.29) is 18.0 Å². The summed E-state index contributed by atoms with van der Waals surface area (Å²) in [6.45, 7) is 6.88. The van der Waals surface area contributed by atoms with Gasteiger partial charge in [0.25, 0.3) is 5.91 Å². The number of rotatable bonds is 2. The van der Waals surface area contributed by atoms with Crippen LogP contribution in [0.2, 0.25) is 0 Å². The summed E-state index contributed by atoms with van der Waals surface area (Å²) in [6, 6.07) is 6.24. The lowest BCUT2D eigenvalue weighted by Gasteiger charge is -2.38. The van der Waals surface area contributed by atoms with Crippen molar-refractivity contribution in [2.45, 2.75) is 52.1 Å². The average molecular weight is 260 g/mol. The highest BCUT2D eigenvalue weighted by molar-refractivity contribution is 5.96. The maximum atomic E-state index is 12.7. The highest BCUT2D eigenvalue weighted by Gasteiger charge is 2.30. The number of hydrogen-bond acceptors (Lipinski definition) is 2. The Bertz CT molecular complexity index is 468. The van der Waals surface area contributed by atoms with Crippen LogP contribution in [0.4, 0.5) is 0 Å². The highest BCUT2D eigenvalue weighted by Crippen LogP contribution is 2.23. The molecule has 0 spiro atoms. The Morgan fingerprint density at radius 3 is 2.74 bits per heavy atom. The second-order valence-electron chi connectivity index (χ2n) is 5.74. The molecule has 3 nitrogen and oxygen atoms in total. The van der Waals surface area contributed by atoms with Crippen LogP contribution in [0, 0.1) is 13.8 Å². The van der Waals surface area contributed by atoms with Gasteiger partial charge in [-0.15, -0.1) is 0 Å². The van der Waals surface area contributed by atoms with E-state index >= 15 is 0 Å². The minimum atomic E-state index is 0.0370. The number of piperidine rings is 1. The van der Waals surface area contributed by atoms with Gasteiger partial charge < -0.3 is 10.6 Å². The van der Waals surface area contributed by atoms with Gasteiger partial charge in [0.2, 0.25) is 0 Å². The Balaban J connectivity index is 2.26. The Hall–Kier alpha value is -1.35. The third-order valence-corrected chi connectivity index (χ3v) is 4.03. The number of aryl methyl sites for hydroxylation is 2. The van der Waals surface area contributed by atoms with Crippen molar-refractivity contribution in [3.63, 3.8) is 0 Å². The second-order valence-corrected chi connectivity index (χ2v) is 5.74. The molecule has 1 heterocycles. The molecule has 0 bridgehead atoms. The van der Waals surface area contributed by atoms with Gasteiger partial charge in [-0.25, -0.2) is 0 Å². The largest absolute Gasteiger partial charge is 0.334 e. The van der Waals surface area contributed by atoms with E-state index in [1.807, 2.05) is 37.8 Å². The zero-order chi connectivity index (χ0) is 14.0. The summed E-state index contributed by atoms with van der Waals surface area (Å²) in [4.78, 5) is 14.7. The summed E-state index contributed by atoms with van der Waals surface area (Å²) in [7, 11) is 0. The molecule has 2 atom stereocenters. The quantitative estimate of drug-likeness (QED) is 0.888. The second kappa shape index (κ2) is 5.74. The summed E-state index contributed by atoms with van der Waals surface area (Å²) >= 11 is 0. The van der Waals surface area contributed by atoms with Crippen molar-refractivity contribution in [2.75, 3.05) is 6.54 Å². The summed E-state index contributed by atoms with van der Waals surface area (Å²) in [5.41, 5.74) is 9.11. The molecule has 2 N–H and O–H groups in total. The molecule has 2 unspecified atom stereocenters. The van der Waals surface area contributed by atoms with Gasteiger partial charge in [-0.3, -0.25) is 4.79 Å². The Kier molecular flexibility index (Phi) is 4.25. The SMILES string of the molecule is Cc1ccc(C(=O)N2CCCCC2C(C)N)c(C)c1. The zero-order valence-electron chi connectivity index (χ0n) is 12.1. The number of likely N-dealkylation sites (tertiary alicyclic amines) is 1. The first-order valence-corrected chi connectivity index (χ1v) is 7.14. The number of nitrogens with zero attached hydrogens (tertiary/aromatic N) is 1. The van der Waals surface area contributed by atoms with Gasteiger partial charge in [-0.05, 0) is 51.7 Å². The summed E-state index contributed by atoms with van der Waals surface area (Å²) < 4.78 is 0. The van der Waals surface area contributed by atoms with Crippen LogP contribution in [0.25, 0.3) is 0 Å². The maximum Gasteiger partial charge on any atom is 0.254 e. The molecule has 19 heavy (non-hydrogen) atoms. The summed E-state index contributed by atoms with van der Waals surface area (Å²) in [5, 5.41) is 0. The molecule has 2 rings (SSSR count). The van der Waals surface area contributed by atoms with Crippen LogP contribution in [-0.2, 0) is 0 Å². The molecule has 0 aromatic heterocycles. The summed E-state index contributed by atoms with van der Waals surface area (Å²) in [6.07, 6.45) is 3.27.